The van der Waals surface area contributed by atoms with Crippen LogP contribution >= 0.6 is 0 Å². The molecule has 0 fully saturated rings. The van der Waals surface area contributed by atoms with Crippen molar-refractivity contribution in [2.24, 2.45) is 0 Å². The van der Waals surface area contributed by atoms with E-state index in [4.69, 9.17) is 4.42 Å². The fourth-order valence-corrected chi connectivity index (χ4v) is 1.34. The molecule has 2 aromatic heterocycles. The standard InChI is InChI=1S/C9H6N4O2/c14-9-11-7(12-13-9)8-10-5-3-1-2-4-6(5)15-8/h1-4H,(H2,11,12,13,14). The van der Waals surface area contributed by atoms with Gasteiger partial charge in [-0.1, -0.05) is 12.1 Å². The highest BCUT2D eigenvalue weighted by Gasteiger charge is 2.10. The van der Waals surface area contributed by atoms with Gasteiger partial charge in [0.1, 0.15) is 5.52 Å². The molecule has 0 aliphatic carbocycles. The van der Waals surface area contributed by atoms with Crippen LogP contribution in [0.3, 0.4) is 0 Å². The first-order chi connectivity index (χ1) is 7.33. The number of fused-ring (bicyclic) bond motifs is 1. The maximum atomic E-state index is 10.8. The molecule has 0 radical (unpaired) electrons. The van der Waals surface area contributed by atoms with E-state index in [9.17, 15) is 4.79 Å². The number of rotatable bonds is 1. The lowest BCUT2D eigenvalue weighted by Crippen LogP contribution is -2.00. The van der Waals surface area contributed by atoms with Gasteiger partial charge in [-0.25, -0.2) is 14.9 Å². The van der Waals surface area contributed by atoms with Gasteiger partial charge in [-0.15, -0.1) is 5.10 Å². The van der Waals surface area contributed by atoms with E-state index in [0.717, 1.165) is 5.52 Å². The van der Waals surface area contributed by atoms with Crippen molar-refractivity contribution < 1.29 is 4.42 Å². The number of H-pyrrole nitrogens is 2. The zero-order valence-corrected chi connectivity index (χ0v) is 7.52. The summed E-state index contributed by atoms with van der Waals surface area (Å²) < 4.78 is 5.40. The van der Waals surface area contributed by atoms with Crippen molar-refractivity contribution in [2.75, 3.05) is 0 Å². The molecule has 0 unspecified atom stereocenters. The van der Waals surface area contributed by atoms with Crippen LogP contribution < -0.4 is 5.69 Å². The third-order valence-electron chi connectivity index (χ3n) is 2.00. The van der Waals surface area contributed by atoms with Crippen molar-refractivity contribution in [3.63, 3.8) is 0 Å². The van der Waals surface area contributed by atoms with Gasteiger partial charge in [0.15, 0.2) is 5.58 Å². The van der Waals surface area contributed by atoms with Gasteiger partial charge in [-0.05, 0) is 12.1 Å². The van der Waals surface area contributed by atoms with E-state index in [1.165, 1.54) is 0 Å². The Bertz CT molecular complexity index is 631. The molecule has 6 nitrogen and oxygen atoms in total. The summed E-state index contributed by atoms with van der Waals surface area (Å²) in [6, 6.07) is 7.34. The maximum absolute atomic E-state index is 10.8. The Labute approximate surface area is 83.0 Å². The van der Waals surface area contributed by atoms with Gasteiger partial charge in [0, 0.05) is 0 Å². The number of nitrogens with zero attached hydrogens (tertiary/aromatic N) is 2. The fraction of sp³-hybridized carbons (Fsp3) is 0. The van der Waals surface area contributed by atoms with Gasteiger partial charge in [0.05, 0.1) is 0 Å². The lowest BCUT2D eigenvalue weighted by atomic mass is 10.3. The van der Waals surface area contributed by atoms with Gasteiger partial charge in [-0.2, -0.15) is 0 Å². The van der Waals surface area contributed by atoms with Gasteiger partial charge in [0.25, 0.3) is 5.89 Å². The number of nitrogens with one attached hydrogen (secondary N) is 2. The van der Waals surface area contributed by atoms with Crippen LogP contribution in [0.25, 0.3) is 22.8 Å². The van der Waals surface area contributed by atoms with E-state index in [1.807, 2.05) is 18.2 Å². The number of benzene rings is 1. The molecule has 6 heteroatoms. The number of hydrogen-bond donors (Lipinski definition) is 2. The topological polar surface area (TPSA) is 87.6 Å². The molecule has 74 valence electrons. The zero-order chi connectivity index (χ0) is 10.3. The van der Waals surface area contributed by atoms with E-state index in [2.05, 4.69) is 20.2 Å². The van der Waals surface area contributed by atoms with Gasteiger partial charge >= 0.3 is 5.69 Å². The summed E-state index contributed by atoms with van der Waals surface area (Å²) in [4.78, 5) is 17.5. The highest BCUT2D eigenvalue weighted by atomic mass is 16.3. The lowest BCUT2D eigenvalue weighted by molar-refractivity contribution is 0.613. The molecule has 0 saturated heterocycles. The van der Waals surface area contributed by atoms with E-state index < -0.39 is 0 Å². The quantitative estimate of drug-likeness (QED) is 0.613. The van der Waals surface area contributed by atoms with Crippen molar-refractivity contribution >= 4 is 11.1 Å². The maximum Gasteiger partial charge on any atom is 0.341 e. The fourth-order valence-electron chi connectivity index (χ4n) is 1.34. The third-order valence-corrected chi connectivity index (χ3v) is 2.00. The summed E-state index contributed by atoms with van der Waals surface area (Å²) in [5.74, 6) is 0.603. The third kappa shape index (κ3) is 1.23. The van der Waals surface area contributed by atoms with Gasteiger partial charge in [-0.3, -0.25) is 4.98 Å². The van der Waals surface area contributed by atoms with Crippen molar-refractivity contribution in [3.8, 4) is 11.7 Å². The molecule has 0 saturated carbocycles. The molecule has 0 spiro atoms. The van der Waals surface area contributed by atoms with Crippen LogP contribution in [0.1, 0.15) is 0 Å². The highest BCUT2D eigenvalue weighted by Crippen LogP contribution is 2.19. The normalized spacial score (nSPS) is 10.9. The average Bonchev–Trinajstić information content (AvgIpc) is 2.82. The lowest BCUT2D eigenvalue weighted by Gasteiger charge is -1.82. The molecule has 3 rings (SSSR count). The van der Waals surface area contributed by atoms with Gasteiger partial charge in [0.2, 0.25) is 5.82 Å². The van der Waals surface area contributed by atoms with Crippen molar-refractivity contribution in [1.82, 2.24) is 20.2 Å². The summed E-state index contributed by atoms with van der Waals surface area (Å²) in [6.07, 6.45) is 0. The Kier molecular flexibility index (Phi) is 1.49. The van der Waals surface area contributed by atoms with Crippen LogP contribution in [-0.4, -0.2) is 20.2 Å². The van der Waals surface area contributed by atoms with Crippen LogP contribution in [0.4, 0.5) is 0 Å². The minimum Gasteiger partial charge on any atom is -0.434 e. The van der Waals surface area contributed by atoms with Crippen molar-refractivity contribution in [1.29, 1.82) is 0 Å². The van der Waals surface area contributed by atoms with Crippen LogP contribution in [-0.2, 0) is 0 Å². The first kappa shape index (κ1) is 7.98. The first-order valence-electron chi connectivity index (χ1n) is 4.33. The molecule has 0 bridgehead atoms. The largest absolute Gasteiger partial charge is 0.434 e. The predicted molar refractivity (Wildman–Crippen MR) is 52.2 cm³/mol. The number of para-hydroxylation sites is 2. The second-order valence-corrected chi connectivity index (χ2v) is 3.01. The SMILES string of the molecule is O=c1[nH]nc(-c2nc3ccccc3o2)[nH]1. The van der Waals surface area contributed by atoms with E-state index in [1.54, 1.807) is 6.07 Å². The molecular weight excluding hydrogens is 196 g/mol. The van der Waals surface area contributed by atoms with Crippen molar-refractivity contribution in [2.45, 2.75) is 0 Å². The highest BCUT2D eigenvalue weighted by molar-refractivity contribution is 5.74. The predicted octanol–water partition coefficient (Wildman–Crippen LogP) is 0.906. The zero-order valence-electron chi connectivity index (χ0n) is 7.52. The summed E-state index contributed by atoms with van der Waals surface area (Å²) >= 11 is 0. The summed E-state index contributed by atoms with van der Waals surface area (Å²) in [7, 11) is 0. The molecule has 0 aliphatic rings. The Hall–Kier alpha value is -2.37. The van der Waals surface area contributed by atoms with Gasteiger partial charge < -0.3 is 4.42 Å². The van der Waals surface area contributed by atoms with E-state index >= 15 is 0 Å². The van der Waals surface area contributed by atoms with Crippen molar-refractivity contribution in [3.05, 3.63) is 34.7 Å². The molecule has 3 aromatic rings. The molecule has 0 aliphatic heterocycles. The number of aromatic nitrogens is 4. The monoisotopic (exact) mass is 202 g/mol. The van der Waals surface area contributed by atoms with Crippen LogP contribution in [0.2, 0.25) is 0 Å². The molecule has 0 amide bonds. The number of oxazole rings is 1. The smallest absolute Gasteiger partial charge is 0.341 e. The second-order valence-electron chi connectivity index (χ2n) is 3.01. The minimum atomic E-state index is -0.382. The Morgan fingerprint density at radius 2 is 2.13 bits per heavy atom. The molecule has 15 heavy (non-hydrogen) atoms. The molecular formula is C9H6N4O2. The molecule has 2 heterocycles. The molecule has 2 N–H and O–H groups in total. The summed E-state index contributed by atoms with van der Waals surface area (Å²) in [5, 5.41) is 5.98. The summed E-state index contributed by atoms with van der Waals surface area (Å²) in [6.45, 7) is 0. The first-order valence-corrected chi connectivity index (χ1v) is 4.33. The number of aromatic amines is 2. The van der Waals surface area contributed by atoms with Crippen LogP contribution in [0.15, 0.2) is 33.5 Å². The summed E-state index contributed by atoms with van der Waals surface area (Å²) in [5.41, 5.74) is 1.01. The second kappa shape index (κ2) is 2.81. The number of hydrogen-bond acceptors (Lipinski definition) is 4. The Balaban J connectivity index is 2.24. The van der Waals surface area contributed by atoms with Crippen LogP contribution in [0, 0.1) is 0 Å². The molecule has 0 atom stereocenters. The molecule has 1 aromatic carbocycles. The average molecular weight is 202 g/mol. The van der Waals surface area contributed by atoms with Crippen LogP contribution in [0.5, 0.6) is 0 Å². The van der Waals surface area contributed by atoms with E-state index in [-0.39, 0.29) is 5.69 Å². The Morgan fingerprint density at radius 1 is 1.27 bits per heavy atom. The Morgan fingerprint density at radius 3 is 2.87 bits per heavy atom. The minimum absolute atomic E-state index is 0.301. The van der Waals surface area contributed by atoms with E-state index in [0.29, 0.717) is 17.3 Å².